The van der Waals surface area contributed by atoms with Gasteiger partial charge >= 0.3 is 0 Å². The highest BCUT2D eigenvalue weighted by Crippen LogP contribution is 2.24. The minimum atomic E-state index is -0.429. The van der Waals surface area contributed by atoms with Crippen LogP contribution in [0.2, 0.25) is 0 Å². The highest BCUT2D eigenvalue weighted by molar-refractivity contribution is 5.76. The molecule has 80 valence electrons. The smallest absolute Gasteiger partial charge is 0.152 e. The second-order valence-corrected chi connectivity index (χ2v) is 4.16. The van der Waals surface area contributed by atoms with Gasteiger partial charge in [-0.1, -0.05) is 6.92 Å². The summed E-state index contributed by atoms with van der Waals surface area (Å²) in [5, 5.41) is 0. The first-order valence-electron chi connectivity index (χ1n) is 5.20. The van der Waals surface area contributed by atoms with Crippen LogP contribution in [0.1, 0.15) is 23.7 Å². The molecule has 0 radical (unpaired) electrons. The molecule has 1 fully saturated rings. The Kier molecular flexibility index (Phi) is 2.71. The van der Waals surface area contributed by atoms with Crippen LogP contribution in [0.15, 0.2) is 18.2 Å². The van der Waals surface area contributed by atoms with E-state index in [-0.39, 0.29) is 5.56 Å². The Morgan fingerprint density at radius 3 is 2.87 bits per heavy atom. The fourth-order valence-electron chi connectivity index (χ4n) is 1.98. The van der Waals surface area contributed by atoms with Gasteiger partial charge in [-0.15, -0.1) is 0 Å². The number of carbonyl (C=O) groups is 1. The van der Waals surface area contributed by atoms with Crippen molar-refractivity contribution in [1.82, 2.24) is 0 Å². The molecule has 1 aliphatic rings. The van der Waals surface area contributed by atoms with Gasteiger partial charge in [-0.05, 0) is 30.5 Å². The largest absolute Gasteiger partial charge is 0.371 e. The average molecular weight is 207 g/mol. The SMILES string of the molecule is C[C@@H]1CCN(c2ccc(C=O)c(F)c2)C1. The van der Waals surface area contributed by atoms with Gasteiger partial charge in [0.1, 0.15) is 5.82 Å². The molecule has 1 aromatic carbocycles. The molecule has 1 heterocycles. The second kappa shape index (κ2) is 4.01. The molecule has 0 amide bonds. The van der Waals surface area contributed by atoms with E-state index in [1.165, 1.54) is 6.07 Å². The van der Waals surface area contributed by atoms with E-state index in [0.29, 0.717) is 12.2 Å². The van der Waals surface area contributed by atoms with E-state index in [4.69, 9.17) is 0 Å². The van der Waals surface area contributed by atoms with E-state index in [2.05, 4.69) is 11.8 Å². The Labute approximate surface area is 88.7 Å². The molecular weight excluding hydrogens is 193 g/mol. The summed E-state index contributed by atoms with van der Waals surface area (Å²) in [6, 6.07) is 4.80. The van der Waals surface area contributed by atoms with Crippen molar-refractivity contribution in [3.63, 3.8) is 0 Å². The predicted octanol–water partition coefficient (Wildman–Crippen LogP) is 2.48. The quantitative estimate of drug-likeness (QED) is 0.694. The van der Waals surface area contributed by atoms with Gasteiger partial charge in [0.2, 0.25) is 0 Å². The standard InChI is InChI=1S/C12H14FNO/c1-9-4-5-14(7-9)11-3-2-10(8-15)12(13)6-11/h2-3,6,8-9H,4-5,7H2,1H3/t9-/m1/s1. The molecule has 1 aliphatic heterocycles. The highest BCUT2D eigenvalue weighted by Gasteiger charge is 2.19. The summed E-state index contributed by atoms with van der Waals surface area (Å²) in [4.78, 5) is 12.6. The summed E-state index contributed by atoms with van der Waals surface area (Å²) in [5.41, 5.74) is 1.01. The third-order valence-electron chi connectivity index (χ3n) is 2.90. The molecule has 15 heavy (non-hydrogen) atoms. The molecule has 3 heteroatoms. The number of rotatable bonds is 2. The summed E-state index contributed by atoms with van der Waals surface area (Å²) in [6.07, 6.45) is 1.70. The van der Waals surface area contributed by atoms with Gasteiger partial charge in [0, 0.05) is 18.8 Å². The first-order valence-corrected chi connectivity index (χ1v) is 5.20. The molecule has 0 aromatic heterocycles. The fourth-order valence-corrected chi connectivity index (χ4v) is 1.98. The lowest BCUT2D eigenvalue weighted by Crippen LogP contribution is -2.19. The number of benzene rings is 1. The molecule has 2 nitrogen and oxygen atoms in total. The Bertz CT molecular complexity index is 378. The van der Waals surface area contributed by atoms with Crippen molar-refractivity contribution in [2.75, 3.05) is 18.0 Å². The van der Waals surface area contributed by atoms with E-state index in [1.807, 2.05) is 6.07 Å². The van der Waals surface area contributed by atoms with Crippen LogP contribution in [0, 0.1) is 11.7 Å². The molecule has 0 unspecified atom stereocenters. The number of hydrogen-bond donors (Lipinski definition) is 0. The topological polar surface area (TPSA) is 20.3 Å². The van der Waals surface area contributed by atoms with E-state index < -0.39 is 5.82 Å². The predicted molar refractivity (Wildman–Crippen MR) is 57.8 cm³/mol. The minimum absolute atomic E-state index is 0.131. The number of carbonyl (C=O) groups excluding carboxylic acids is 1. The third kappa shape index (κ3) is 2.01. The van der Waals surface area contributed by atoms with Crippen molar-refractivity contribution in [1.29, 1.82) is 0 Å². The van der Waals surface area contributed by atoms with Crippen LogP contribution in [-0.2, 0) is 0 Å². The molecule has 0 aliphatic carbocycles. The van der Waals surface area contributed by atoms with Crippen LogP contribution in [0.3, 0.4) is 0 Å². The number of hydrogen-bond acceptors (Lipinski definition) is 2. The molecule has 0 spiro atoms. The normalized spacial score (nSPS) is 20.7. The first-order chi connectivity index (χ1) is 7.20. The van der Waals surface area contributed by atoms with Crippen LogP contribution in [0.4, 0.5) is 10.1 Å². The highest BCUT2D eigenvalue weighted by atomic mass is 19.1. The van der Waals surface area contributed by atoms with E-state index >= 15 is 0 Å². The number of halogens is 1. The maximum Gasteiger partial charge on any atom is 0.152 e. The molecule has 1 atom stereocenters. The summed E-state index contributed by atoms with van der Waals surface area (Å²) in [6.45, 7) is 4.14. The lowest BCUT2D eigenvalue weighted by atomic mass is 10.2. The molecule has 1 saturated heterocycles. The molecule has 0 saturated carbocycles. The van der Waals surface area contributed by atoms with Crippen molar-refractivity contribution in [2.45, 2.75) is 13.3 Å². The van der Waals surface area contributed by atoms with Crippen LogP contribution in [0.25, 0.3) is 0 Å². The lowest BCUT2D eigenvalue weighted by molar-refractivity contribution is 0.112. The molecule has 0 bridgehead atoms. The maximum atomic E-state index is 13.3. The van der Waals surface area contributed by atoms with Crippen molar-refractivity contribution in [3.05, 3.63) is 29.6 Å². The average Bonchev–Trinajstić information content (AvgIpc) is 2.65. The van der Waals surface area contributed by atoms with Crippen molar-refractivity contribution >= 4 is 12.0 Å². The van der Waals surface area contributed by atoms with Crippen LogP contribution < -0.4 is 4.90 Å². The Hall–Kier alpha value is -1.38. The van der Waals surface area contributed by atoms with Gasteiger partial charge in [-0.2, -0.15) is 0 Å². The van der Waals surface area contributed by atoms with Gasteiger partial charge < -0.3 is 4.90 Å². The first kappa shape index (κ1) is 10.1. The van der Waals surface area contributed by atoms with Crippen molar-refractivity contribution in [2.24, 2.45) is 5.92 Å². The van der Waals surface area contributed by atoms with Gasteiger partial charge in [-0.3, -0.25) is 4.79 Å². The summed E-state index contributed by atoms with van der Waals surface area (Å²) < 4.78 is 13.3. The van der Waals surface area contributed by atoms with Crippen molar-refractivity contribution < 1.29 is 9.18 Å². The van der Waals surface area contributed by atoms with Gasteiger partial charge in [0.15, 0.2) is 6.29 Å². The molecule has 2 rings (SSSR count). The Morgan fingerprint density at radius 2 is 2.33 bits per heavy atom. The summed E-state index contributed by atoms with van der Waals surface area (Å²) >= 11 is 0. The fraction of sp³-hybridized carbons (Fsp3) is 0.417. The monoisotopic (exact) mass is 207 g/mol. The zero-order valence-corrected chi connectivity index (χ0v) is 8.74. The van der Waals surface area contributed by atoms with Gasteiger partial charge in [0.05, 0.1) is 5.56 Å². The third-order valence-corrected chi connectivity index (χ3v) is 2.90. The summed E-state index contributed by atoms with van der Waals surface area (Å²) in [5.74, 6) is 0.237. The zero-order chi connectivity index (χ0) is 10.8. The van der Waals surface area contributed by atoms with Crippen LogP contribution in [0.5, 0.6) is 0 Å². The van der Waals surface area contributed by atoms with Crippen LogP contribution >= 0.6 is 0 Å². The van der Waals surface area contributed by atoms with Crippen LogP contribution in [-0.4, -0.2) is 19.4 Å². The maximum absolute atomic E-state index is 13.3. The summed E-state index contributed by atoms with van der Waals surface area (Å²) in [7, 11) is 0. The molecule has 1 aromatic rings. The molecule has 0 N–H and O–H groups in total. The second-order valence-electron chi connectivity index (χ2n) is 4.16. The van der Waals surface area contributed by atoms with Crippen molar-refractivity contribution in [3.8, 4) is 0 Å². The molecular formula is C12H14FNO. The van der Waals surface area contributed by atoms with E-state index in [9.17, 15) is 9.18 Å². The van der Waals surface area contributed by atoms with E-state index in [0.717, 1.165) is 25.2 Å². The number of aldehydes is 1. The zero-order valence-electron chi connectivity index (χ0n) is 8.74. The Balaban J connectivity index is 2.22. The van der Waals surface area contributed by atoms with Gasteiger partial charge in [0.25, 0.3) is 0 Å². The van der Waals surface area contributed by atoms with Gasteiger partial charge in [-0.25, -0.2) is 4.39 Å². The Morgan fingerprint density at radius 1 is 1.53 bits per heavy atom. The number of anilines is 1. The lowest BCUT2D eigenvalue weighted by Gasteiger charge is -2.18. The minimum Gasteiger partial charge on any atom is -0.371 e. The number of nitrogens with zero attached hydrogens (tertiary/aromatic N) is 1. The van der Waals surface area contributed by atoms with E-state index in [1.54, 1.807) is 6.07 Å².